The average molecular weight is 384 g/mol. The third-order valence-corrected chi connectivity index (χ3v) is 6.43. The standard InChI is InChI=1S/C16H24N4O5S/c1-16(6-8-17-9-7-16)12-18-15(21)11-19(2)26(24,25)14-5-3-4-13(10-14)20(22)23/h3-5,10,17H,6-9,11-12H2,1-2H3,(H,18,21). The molecule has 1 amide bonds. The molecule has 2 rings (SSSR count). The van der Waals surface area contributed by atoms with Crippen LogP contribution < -0.4 is 10.6 Å². The summed E-state index contributed by atoms with van der Waals surface area (Å²) in [7, 11) is -2.71. The van der Waals surface area contributed by atoms with Crippen LogP contribution in [0.5, 0.6) is 0 Å². The Morgan fingerprint density at radius 2 is 2.04 bits per heavy atom. The number of nitro benzene ring substituents is 1. The lowest BCUT2D eigenvalue weighted by Crippen LogP contribution is -2.45. The molecule has 144 valence electrons. The van der Waals surface area contributed by atoms with Gasteiger partial charge < -0.3 is 10.6 Å². The fourth-order valence-corrected chi connectivity index (χ4v) is 3.97. The Kier molecular flexibility index (Phi) is 6.32. The van der Waals surface area contributed by atoms with E-state index >= 15 is 0 Å². The number of nitrogens with zero attached hydrogens (tertiary/aromatic N) is 2. The van der Waals surface area contributed by atoms with E-state index < -0.39 is 20.9 Å². The van der Waals surface area contributed by atoms with Gasteiger partial charge in [-0.05, 0) is 37.4 Å². The van der Waals surface area contributed by atoms with Gasteiger partial charge in [-0.1, -0.05) is 13.0 Å². The number of amides is 1. The van der Waals surface area contributed by atoms with Crippen molar-refractivity contribution < 1.29 is 18.1 Å². The summed E-state index contributed by atoms with van der Waals surface area (Å²) < 4.78 is 25.9. The molecule has 0 unspecified atom stereocenters. The average Bonchev–Trinajstić information content (AvgIpc) is 2.60. The minimum atomic E-state index is -3.99. The largest absolute Gasteiger partial charge is 0.354 e. The van der Waals surface area contributed by atoms with E-state index in [0.717, 1.165) is 36.3 Å². The van der Waals surface area contributed by atoms with Crippen LogP contribution in [0.1, 0.15) is 19.8 Å². The van der Waals surface area contributed by atoms with Crippen LogP contribution in [0.4, 0.5) is 5.69 Å². The van der Waals surface area contributed by atoms with Gasteiger partial charge in [-0.15, -0.1) is 0 Å². The lowest BCUT2D eigenvalue weighted by Gasteiger charge is -2.34. The quantitative estimate of drug-likeness (QED) is 0.528. The summed E-state index contributed by atoms with van der Waals surface area (Å²) in [5.74, 6) is -0.402. The van der Waals surface area contributed by atoms with E-state index in [9.17, 15) is 23.3 Å². The van der Waals surface area contributed by atoms with Gasteiger partial charge in [-0.25, -0.2) is 8.42 Å². The number of carbonyl (C=O) groups is 1. The summed E-state index contributed by atoms with van der Waals surface area (Å²) in [6, 6.07) is 4.77. The number of hydrogen-bond acceptors (Lipinski definition) is 6. The van der Waals surface area contributed by atoms with Crippen molar-refractivity contribution in [1.82, 2.24) is 14.9 Å². The van der Waals surface area contributed by atoms with Gasteiger partial charge in [-0.3, -0.25) is 14.9 Å². The first-order chi connectivity index (χ1) is 12.1. The van der Waals surface area contributed by atoms with Crippen molar-refractivity contribution in [2.75, 3.05) is 33.2 Å². The predicted octanol–water partition coefficient (Wildman–Crippen LogP) is 0.721. The van der Waals surface area contributed by atoms with E-state index in [4.69, 9.17) is 0 Å². The molecule has 1 fully saturated rings. The number of non-ortho nitro benzene ring substituents is 1. The van der Waals surface area contributed by atoms with E-state index in [1.54, 1.807) is 0 Å². The Bertz CT molecular complexity index is 775. The van der Waals surface area contributed by atoms with E-state index in [-0.39, 0.29) is 22.5 Å². The van der Waals surface area contributed by atoms with Crippen LogP contribution in [-0.2, 0) is 14.8 Å². The maximum atomic E-state index is 12.5. The van der Waals surface area contributed by atoms with Crippen molar-refractivity contribution in [2.45, 2.75) is 24.7 Å². The third kappa shape index (κ3) is 4.99. The minimum Gasteiger partial charge on any atom is -0.354 e. The number of benzene rings is 1. The van der Waals surface area contributed by atoms with Gasteiger partial charge in [0.1, 0.15) is 0 Å². The lowest BCUT2D eigenvalue weighted by molar-refractivity contribution is -0.385. The monoisotopic (exact) mass is 384 g/mol. The molecule has 1 aliphatic rings. The zero-order valence-electron chi connectivity index (χ0n) is 14.9. The van der Waals surface area contributed by atoms with Crippen molar-refractivity contribution in [2.24, 2.45) is 5.41 Å². The molecule has 0 atom stereocenters. The second-order valence-corrected chi connectivity index (χ2v) is 8.90. The molecule has 0 aromatic heterocycles. The molecule has 1 aliphatic heterocycles. The Labute approximate surface area is 153 Å². The smallest absolute Gasteiger partial charge is 0.270 e. The van der Waals surface area contributed by atoms with Crippen LogP contribution in [0.15, 0.2) is 29.2 Å². The van der Waals surface area contributed by atoms with Crippen LogP contribution in [0, 0.1) is 15.5 Å². The molecule has 26 heavy (non-hydrogen) atoms. The Balaban J connectivity index is 1.99. The van der Waals surface area contributed by atoms with E-state index in [2.05, 4.69) is 17.6 Å². The number of nitro groups is 1. The minimum absolute atomic E-state index is 0.00159. The molecule has 1 aromatic carbocycles. The highest BCUT2D eigenvalue weighted by Gasteiger charge is 2.28. The molecule has 1 aromatic rings. The fraction of sp³-hybridized carbons (Fsp3) is 0.562. The Hall–Kier alpha value is -2.04. The van der Waals surface area contributed by atoms with Crippen molar-refractivity contribution >= 4 is 21.6 Å². The van der Waals surface area contributed by atoms with Gasteiger partial charge in [0, 0.05) is 25.7 Å². The van der Waals surface area contributed by atoms with Crippen molar-refractivity contribution in [3.05, 3.63) is 34.4 Å². The van der Waals surface area contributed by atoms with Gasteiger partial charge >= 0.3 is 0 Å². The molecular weight excluding hydrogens is 360 g/mol. The van der Waals surface area contributed by atoms with Crippen LogP contribution in [0.2, 0.25) is 0 Å². The van der Waals surface area contributed by atoms with E-state index in [1.807, 2.05) is 0 Å². The van der Waals surface area contributed by atoms with E-state index in [0.29, 0.717) is 6.54 Å². The first-order valence-electron chi connectivity index (χ1n) is 8.32. The second kappa shape index (κ2) is 8.11. The summed E-state index contributed by atoms with van der Waals surface area (Å²) in [6.07, 6.45) is 1.88. The summed E-state index contributed by atoms with van der Waals surface area (Å²) in [5.41, 5.74) is -0.318. The maximum absolute atomic E-state index is 12.5. The maximum Gasteiger partial charge on any atom is 0.270 e. The topological polar surface area (TPSA) is 122 Å². The molecule has 2 N–H and O–H groups in total. The molecule has 0 bridgehead atoms. The predicted molar refractivity (Wildman–Crippen MR) is 96.1 cm³/mol. The van der Waals surface area contributed by atoms with Crippen LogP contribution >= 0.6 is 0 Å². The fourth-order valence-electron chi connectivity index (χ4n) is 2.80. The molecule has 1 heterocycles. The van der Waals surface area contributed by atoms with Crippen LogP contribution in [-0.4, -0.2) is 56.8 Å². The second-order valence-electron chi connectivity index (χ2n) is 6.85. The van der Waals surface area contributed by atoms with Gasteiger partial charge in [-0.2, -0.15) is 4.31 Å². The summed E-state index contributed by atoms with van der Waals surface area (Å²) in [5, 5.41) is 16.9. The first-order valence-corrected chi connectivity index (χ1v) is 9.76. The number of carbonyl (C=O) groups excluding carboxylic acids is 1. The molecule has 10 heteroatoms. The molecule has 0 spiro atoms. The zero-order valence-corrected chi connectivity index (χ0v) is 15.7. The van der Waals surface area contributed by atoms with Crippen molar-refractivity contribution in [1.29, 1.82) is 0 Å². The highest BCUT2D eigenvalue weighted by molar-refractivity contribution is 7.89. The third-order valence-electron chi connectivity index (χ3n) is 4.63. The van der Waals surface area contributed by atoms with Crippen LogP contribution in [0.3, 0.4) is 0 Å². The van der Waals surface area contributed by atoms with Crippen LogP contribution in [0.25, 0.3) is 0 Å². The number of sulfonamides is 1. The van der Waals surface area contributed by atoms with Gasteiger partial charge in [0.25, 0.3) is 5.69 Å². The molecule has 0 radical (unpaired) electrons. The van der Waals surface area contributed by atoms with Gasteiger partial charge in [0.15, 0.2) is 0 Å². The van der Waals surface area contributed by atoms with Crippen molar-refractivity contribution in [3.63, 3.8) is 0 Å². The Morgan fingerprint density at radius 1 is 1.38 bits per heavy atom. The number of hydrogen-bond donors (Lipinski definition) is 2. The number of rotatable bonds is 7. The SMILES string of the molecule is CN(CC(=O)NCC1(C)CCNCC1)S(=O)(=O)c1cccc([N+](=O)[O-])c1. The molecule has 9 nitrogen and oxygen atoms in total. The number of nitrogens with one attached hydrogen (secondary N) is 2. The molecule has 1 saturated heterocycles. The Morgan fingerprint density at radius 3 is 2.65 bits per heavy atom. The van der Waals surface area contributed by atoms with Crippen molar-refractivity contribution in [3.8, 4) is 0 Å². The summed E-state index contributed by atoms with van der Waals surface area (Å²) >= 11 is 0. The number of likely N-dealkylation sites (N-methyl/N-ethyl adjacent to an activating group) is 1. The molecule has 0 saturated carbocycles. The summed E-state index contributed by atoms with van der Waals surface area (Å²) in [4.78, 5) is 22.1. The molecule has 0 aliphatic carbocycles. The van der Waals surface area contributed by atoms with Gasteiger partial charge in [0.05, 0.1) is 16.4 Å². The zero-order chi connectivity index (χ0) is 19.4. The van der Waals surface area contributed by atoms with E-state index in [1.165, 1.54) is 25.2 Å². The highest BCUT2D eigenvalue weighted by Crippen LogP contribution is 2.26. The number of piperidine rings is 1. The first kappa shape index (κ1) is 20.3. The lowest BCUT2D eigenvalue weighted by atomic mass is 9.81. The summed E-state index contributed by atoms with van der Waals surface area (Å²) in [6.45, 7) is 4.02. The normalized spacial score (nSPS) is 17.0. The van der Waals surface area contributed by atoms with Gasteiger partial charge in [0.2, 0.25) is 15.9 Å². The molecular formula is C16H24N4O5S. The highest BCUT2D eigenvalue weighted by atomic mass is 32.2.